The van der Waals surface area contributed by atoms with Gasteiger partial charge in [0.1, 0.15) is 5.75 Å². The van der Waals surface area contributed by atoms with Crippen molar-refractivity contribution in [1.82, 2.24) is 9.62 Å². The van der Waals surface area contributed by atoms with Gasteiger partial charge in [-0.15, -0.1) is 0 Å². The van der Waals surface area contributed by atoms with E-state index in [0.29, 0.717) is 17.9 Å². The molecule has 26 heavy (non-hydrogen) atoms. The maximum atomic E-state index is 12.8. The first-order chi connectivity index (χ1) is 12.5. The van der Waals surface area contributed by atoms with E-state index >= 15 is 0 Å². The van der Waals surface area contributed by atoms with Gasteiger partial charge in [0.2, 0.25) is 10.0 Å². The summed E-state index contributed by atoms with van der Waals surface area (Å²) in [7, 11) is -2.05. The Morgan fingerprint density at radius 2 is 2.08 bits per heavy atom. The highest BCUT2D eigenvalue weighted by Crippen LogP contribution is 2.26. The third-order valence-electron chi connectivity index (χ3n) is 4.55. The molecule has 6 nitrogen and oxygen atoms in total. The van der Waals surface area contributed by atoms with Gasteiger partial charge in [-0.3, -0.25) is 4.90 Å². The minimum absolute atomic E-state index is 0.0389. The van der Waals surface area contributed by atoms with Crippen LogP contribution in [-0.4, -0.2) is 51.6 Å². The lowest BCUT2D eigenvalue weighted by Crippen LogP contribution is -2.42. The molecule has 1 aliphatic heterocycles. The summed E-state index contributed by atoms with van der Waals surface area (Å²) in [5.41, 5.74) is 1.65. The lowest BCUT2D eigenvalue weighted by molar-refractivity contribution is 0.218. The molecule has 1 aromatic heterocycles. The number of nitrogens with zero attached hydrogens (tertiary/aromatic N) is 1. The van der Waals surface area contributed by atoms with Crippen LogP contribution >= 0.6 is 11.8 Å². The summed E-state index contributed by atoms with van der Waals surface area (Å²) < 4.78 is 38.8. The third kappa shape index (κ3) is 4.43. The van der Waals surface area contributed by atoms with Gasteiger partial charge in [-0.2, -0.15) is 11.8 Å². The Morgan fingerprint density at radius 1 is 1.31 bits per heavy atom. The first-order valence-corrected chi connectivity index (χ1v) is 11.1. The SMILES string of the molecule is COc1ccc(S(=O)(=O)NCC(c2ccoc2)N2CCSCC2)c(C)c1. The predicted molar refractivity (Wildman–Crippen MR) is 103 cm³/mol. The lowest BCUT2D eigenvalue weighted by Gasteiger charge is -2.34. The van der Waals surface area contributed by atoms with Crippen LogP contribution < -0.4 is 9.46 Å². The van der Waals surface area contributed by atoms with Gasteiger partial charge in [0.15, 0.2) is 0 Å². The minimum Gasteiger partial charge on any atom is -0.497 e. The van der Waals surface area contributed by atoms with E-state index in [1.807, 2.05) is 17.8 Å². The number of ether oxygens (including phenoxy) is 1. The van der Waals surface area contributed by atoms with Crippen LogP contribution in [-0.2, 0) is 10.0 Å². The van der Waals surface area contributed by atoms with Gasteiger partial charge in [-0.05, 0) is 36.8 Å². The van der Waals surface area contributed by atoms with Crippen molar-refractivity contribution in [3.05, 3.63) is 47.9 Å². The Hall–Kier alpha value is -1.48. The van der Waals surface area contributed by atoms with Crippen molar-refractivity contribution in [2.45, 2.75) is 17.9 Å². The van der Waals surface area contributed by atoms with E-state index < -0.39 is 10.0 Å². The smallest absolute Gasteiger partial charge is 0.240 e. The van der Waals surface area contributed by atoms with Gasteiger partial charge in [0.05, 0.1) is 30.6 Å². The number of thioether (sulfide) groups is 1. The molecular weight excluding hydrogens is 372 g/mol. The normalized spacial score (nSPS) is 17.2. The molecule has 0 bridgehead atoms. The van der Waals surface area contributed by atoms with Crippen molar-refractivity contribution in [3.8, 4) is 5.75 Å². The van der Waals surface area contributed by atoms with E-state index in [0.717, 1.165) is 30.2 Å². The minimum atomic E-state index is -3.61. The zero-order chi connectivity index (χ0) is 18.6. The summed E-state index contributed by atoms with van der Waals surface area (Å²) in [6, 6.07) is 6.84. The number of hydrogen-bond donors (Lipinski definition) is 1. The zero-order valence-electron chi connectivity index (χ0n) is 15.0. The monoisotopic (exact) mass is 396 g/mol. The third-order valence-corrected chi connectivity index (χ3v) is 7.08. The summed E-state index contributed by atoms with van der Waals surface area (Å²) in [5.74, 6) is 2.75. The molecule has 3 rings (SSSR count). The predicted octanol–water partition coefficient (Wildman–Crippen LogP) is 2.67. The Balaban J connectivity index is 1.77. The number of rotatable bonds is 7. The van der Waals surface area contributed by atoms with E-state index in [2.05, 4.69) is 9.62 Å². The second kappa shape index (κ2) is 8.47. The van der Waals surface area contributed by atoms with Crippen LogP contribution in [0.5, 0.6) is 5.75 Å². The molecule has 0 aliphatic carbocycles. The second-order valence-electron chi connectivity index (χ2n) is 6.20. The maximum Gasteiger partial charge on any atom is 0.240 e. The average molecular weight is 397 g/mol. The fraction of sp³-hybridized carbons (Fsp3) is 0.444. The average Bonchev–Trinajstić information content (AvgIpc) is 3.16. The maximum absolute atomic E-state index is 12.8. The first-order valence-electron chi connectivity index (χ1n) is 8.49. The van der Waals surface area contributed by atoms with Gasteiger partial charge < -0.3 is 9.15 Å². The summed E-state index contributed by atoms with van der Waals surface area (Å²) in [6.07, 6.45) is 3.32. The molecule has 0 spiro atoms. The summed E-state index contributed by atoms with van der Waals surface area (Å²) >= 11 is 1.92. The molecule has 0 radical (unpaired) electrons. The molecule has 1 fully saturated rings. The number of sulfonamides is 1. The number of furan rings is 1. The van der Waals surface area contributed by atoms with E-state index in [9.17, 15) is 8.42 Å². The van der Waals surface area contributed by atoms with Gasteiger partial charge in [0, 0.05) is 36.7 Å². The summed E-state index contributed by atoms with van der Waals surface area (Å²) in [5, 5.41) is 0. The van der Waals surface area contributed by atoms with Gasteiger partial charge >= 0.3 is 0 Å². The molecule has 2 aromatic rings. The number of nitrogens with one attached hydrogen (secondary N) is 1. The van der Waals surface area contributed by atoms with Crippen molar-refractivity contribution >= 4 is 21.8 Å². The van der Waals surface area contributed by atoms with Crippen LogP contribution in [0.1, 0.15) is 17.2 Å². The van der Waals surface area contributed by atoms with Crippen LogP contribution in [0.4, 0.5) is 0 Å². The summed E-state index contributed by atoms with van der Waals surface area (Å²) in [4.78, 5) is 2.59. The second-order valence-corrected chi connectivity index (χ2v) is 9.16. The molecule has 2 heterocycles. The molecule has 1 aliphatic rings. The Kier molecular flexibility index (Phi) is 6.29. The van der Waals surface area contributed by atoms with E-state index in [-0.39, 0.29) is 10.9 Å². The zero-order valence-corrected chi connectivity index (χ0v) is 16.6. The van der Waals surface area contributed by atoms with Gasteiger partial charge in [-0.25, -0.2) is 13.1 Å². The highest BCUT2D eigenvalue weighted by Gasteiger charge is 2.26. The molecule has 142 valence electrons. The van der Waals surface area contributed by atoms with Crippen molar-refractivity contribution in [1.29, 1.82) is 0 Å². The first kappa shape index (κ1) is 19.3. The molecule has 1 atom stereocenters. The lowest BCUT2D eigenvalue weighted by atomic mass is 10.1. The van der Waals surface area contributed by atoms with Crippen LogP contribution in [0.25, 0.3) is 0 Å². The molecule has 1 unspecified atom stereocenters. The molecule has 1 aromatic carbocycles. The standard InChI is InChI=1S/C18H24N2O4S2/c1-14-11-16(23-2)3-4-18(14)26(21,22)19-12-17(15-5-8-24-13-15)20-6-9-25-10-7-20/h3-5,8,11,13,17,19H,6-7,9-10,12H2,1-2H3. The van der Waals surface area contributed by atoms with E-state index in [1.54, 1.807) is 44.8 Å². The number of benzene rings is 1. The number of methoxy groups -OCH3 is 1. The highest BCUT2D eigenvalue weighted by atomic mass is 32.2. The van der Waals surface area contributed by atoms with Crippen LogP contribution in [0.3, 0.4) is 0 Å². The molecular formula is C18H24N2O4S2. The van der Waals surface area contributed by atoms with Gasteiger partial charge in [-0.1, -0.05) is 0 Å². The molecule has 1 N–H and O–H groups in total. The highest BCUT2D eigenvalue weighted by molar-refractivity contribution is 7.99. The Morgan fingerprint density at radius 3 is 2.69 bits per heavy atom. The van der Waals surface area contributed by atoms with Crippen LogP contribution in [0.15, 0.2) is 46.1 Å². The molecule has 0 amide bonds. The number of hydrogen-bond acceptors (Lipinski definition) is 6. The van der Waals surface area contributed by atoms with Crippen LogP contribution in [0.2, 0.25) is 0 Å². The fourth-order valence-electron chi connectivity index (χ4n) is 3.13. The van der Waals surface area contributed by atoms with Crippen molar-refractivity contribution < 1.29 is 17.6 Å². The van der Waals surface area contributed by atoms with Crippen molar-refractivity contribution in [2.75, 3.05) is 38.2 Å². The Labute approximate surface area is 159 Å². The van der Waals surface area contributed by atoms with Crippen molar-refractivity contribution in [2.24, 2.45) is 0 Å². The quantitative estimate of drug-likeness (QED) is 0.776. The number of aryl methyl sites for hydroxylation is 1. The molecule has 0 saturated carbocycles. The van der Waals surface area contributed by atoms with E-state index in [4.69, 9.17) is 9.15 Å². The van der Waals surface area contributed by atoms with E-state index in [1.165, 1.54) is 0 Å². The van der Waals surface area contributed by atoms with Crippen LogP contribution in [0, 0.1) is 6.92 Å². The van der Waals surface area contributed by atoms with Gasteiger partial charge in [0.25, 0.3) is 0 Å². The Bertz CT molecular complexity index is 816. The largest absolute Gasteiger partial charge is 0.497 e. The molecule has 1 saturated heterocycles. The van der Waals surface area contributed by atoms with Crippen molar-refractivity contribution in [3.63, 3.8) is 0 Å². The topological polar surface area (TPSA) is 71.8 Å². The molecule has 8 heteroatoms. The summed E-state index contributed by atoms with van der Waals surface area (Å²) in [6.45, 7) is 3.94. The fourth-order valence-corrected chi connectivity index (χ4v) is 5.32.